The molecule has 6 aromatic carbocycles. The maximum absolute atomic E-state index is 2.84. The van der Waals surface area contributed by atoms with Crippen molar-refractivity contribution in [2.24, 2.45) is 0 Å². The van der Waals surface area contributed by atoms with Gasteiger partial charge in [0.1, 0.15) is 0 Å². The fourth-order valence-corrected chi connectivity index (χ4v) is 24.7. The number of benzene rings is 6. The van der Waals surface area contributed by atoms with Gasteiger partial charge in [0.15, 0.2) is 0 Å². The van der Waals surface area contributed by atoms with Gasteiger partial charge in [0.2, 0.25) is 0 Å². The first-order chi connectivity index (χ1) is 27.2. The van der Waals surface area contributed by atoms with Gasteiger partial charge in [-0.2, -0.15) is 0 Å². The van der Waals surface area contributed by atoms with Crippen LogP contribution in [0.1, 0.15) is 102 Å². The van der Waals surface area contributed by atoms with E-state index in [-0.39, 0.29) is 0 Å². The molecule has 0 spiro atoms. The van der Waals surface area contributed by atoms with Gasteiger partial charge in [0.05, 0.1) is 0 Å². The van der Waals surface area contributed by atoms with Gasteiger partial charge in [-0.3, -0.25) is 0 Å². The first kappa shape index (κ1) is 37.5. The fourth-order valence-electron chi connectivity index (χ4n) is 10.7. The van der Waals surface area contributed by atoms with Crippen LogP contribution in [0, 0.1) is 41.5 Å². The molecule has 1 aliphatic heterocycles. The molecule has 56 heavy (non-hydrogen) atoms. The molecule has 2 aliphatic carbocycles. The zero-order valence-electron chi connectivity index (χ0n) is 34.7. The van der Waals surface area contributed by atoms with Crippen LogP contribution in [0.4, 0.5) is 0 Å². The van der Waals surface area contributed by atoms with Crippen LogP contribution in [-0.2, 0) is 21.8 Å². The van der Waals surface area contributed by atoms with Crippen LogP contribution in [0.5, 0.6) is 0 Å². The Morgan fingerprint density at radius 2 is 0.982 bits per heavy atom. The molecule has 279 valence electrons. The summed E-state index contributed by atoms with van der Waals surface area (Å²) >= 11 is -2.84. The molecule has 2 unspecified atom stereocenters. The van der Waals surface area contributed by atoms with Crippen molar-refractivity contribution in [3.8, 4) is 33.4 Å². The molecule has 9 rings (SSSR count). The summed E-state index contributed by atoms with van der Waals surface area (Å²) < 4.78 is 2.78. The van der Waals surface area contributed by atoms with Crippen LogP contribution in [0.3, 0.4) is 0 Å². The molecular weight excluding hydrogens is 768 g/mol. The van der Waals surface area contributed by atoms with Crippen LogP contribution in [0.2, 0.25) is 0 Å². The number of fused-ring (bicyclic) bond motifs is 5. The summed E-state index contributed by atoms with van der Waals surface area (Å²) in [5.41, 5.74) is 26.6. The van der Waals surface area contributed by atoms with E-state index < -0.39 is 31.3 Å². The topological polar surface area (TPSA) is 0 Å². The summed E-state index contributed by atoms with van der Waals surface area (Å²) in [6, 6.07) is 41.2. The quantitative estimate of drug-likeness (QED) is 0.127. The third-order valence-electron chi connectivity index (χ3n) is 13.4. The van der Waals surface area contributed by atoms with E-state index in [1.54, 1.807) is 41.5 Å². The van der Waals surface area contributed by atoms with Crippen molar-refractivity contribution >= 4 is 35.3 Å². The molecule has 2 atom stereocenters. The minimum absolute atomic E-state index is 0.491. The summed E-state index contributed by atoms with van der Waals surface area (Å²) in [5, 5.41) is 3.39. The van der Waals surface area contributed by atoms with Crippen molar-refractivity contribution in [2.75, 3.05) is 0 Å². The third kappa shape index (κ3) is 6.18. The van der Waals surface area contributed by atoms with E-state index in [0.29, 0.717) is 7.25 Å². The van der Waals surface area contributed by atoms with Crippen molar-refractivity contribution in [1.82, 2.24) is 0 Å². The van der Waals surface area contributed by atoms with Gasteiger partial charge in [-0.25, -0.2) is 0 Å². The maximum atomic E-state index is 2.69. The summed E-state index contributed by atoms with van der Waals surface area (Å²) in [6.45, 7) is 18.5. The van der Waals surface area contributed by atoms with Gasteiger partial charge in [-0.15, -0.1) is 0 Å². The molecular formula is C54H55SiZr. The molecule has 2 heteroatoms. The molecule has 0 saturated heterocycles. The predicted molar refractivity (Wildman–Crippen MR) is 243 cm³/mol. The van der Waals surface area contributed by atoms with Crippen LogP contribution in [-0.4, -0.2) is 9.52 Å². The zero-order valence-corrected chi connectivity index (χ0v) is 38.5. The molecule has 0 nitrogen and oxygen atoms in total. The Labute approximate surface area is 346 Å². The van der Waals surface area contributed by atoms with Crippen molar-refractivity contribution in [2.45, 2.75) is 88.3 Å². The third-order valence-corrected chi connectivity index (χ3v) is 25.4. The van der Waals surface area contributed by atoms with Crippen molar-refractivity contribution in [3.63, 3.8) is 0 Å². The van der Waals surface area contributed by atoms with Crippen molar-refractivity contribution in [1.29, 1.82) is 0 Å². The van der Waals surface area contributed by atoms with Gasteiger partial charge in [-0.05, 0) is 0 Å². The van der Waals surface area contributed by atoms with Crippen LogP contribution in [0.25, 0.3) is 45.5 Å². The van der Waals surface area contributed by atoms with Crippen molar-refractivity contribution in [3.05, 3.63) is 170 Å². The fraction of sp³-hybridized carbons (Fsp3) is 0.259. The summed E-state index contributed by atoms with van der Waals surface area (Å²) in [7, 11) is -0.612. The number of aryl methyl sites for hydroxylation is 4. The molecule has 0 aromatic heterocycles. The van der Waals surface area contributed by atoms with Crippen LogP contribution < -0.4 is 13.6 Å². The van der Waals surface area contributed by atoms with E-state index >= 15 is 0 Å². The van der Waals surface area contributed by atoms with E-state index in [1.165, 1.54) is 85.2 Å². The SMILES string of the molecule is CCCC1=Cc2c(-c3cc(C)cc(C)c3C)cccc2[CH]1[Zr]([c]1cccc2c1[SiH2]c1ccccc1-2)[CH]1C(CCC)=Cc2c(-c3cc(C)cc(C)c3C)cccc21. The predicted octanol–water partition coefficient (Wildman–Crippen LogP) is 12.1. The van der Waals surface area contributed by atoms with Gasteiger partial charge < -0.3 is 0 Å². The summed E-state index contributed by atoms with van der Waals surface area (Å²) in [5.74, 6) is 0. The van der Waals surface area contributed by atoms with Crippen LogP contribution in [0.15, 0.2) is 114 Å². The monoisotopic (exact) mass is 821 g/mol. The number of rotatable bonds is 9. The van der Waals surface area contributed by atoms with Gasteiger partial charge in [0, 0.05) is 0 Å². The minimum atomic E-state index is -2.84. The average Bonchev–Trinajstić information content (AvgIpc) is 3.87. The van der Waals surface area contributed by atoms with Gasteiger partial charge in [0.25, 0.3) is 0 Å². The standard InChI is InChI=1S/2C21H23.C12H9Si.Zr/c2*1-5-7-17-12-18-8-6-9-19(21(18)13-17)20-11-14(2)10-15(3)16(20)4;1-3-7-11-9(5-1)10-6-2-4-8-12(10)13-11;/h2*6,8-13H,5,7H2,1-4H3;1-7H,13H2;. The van der Waals surface area contributed by atoms with E-state index in [4.69, 9.17) is 0 Å². The van der Waals surface area contributed by atoms with E-state index in [9.17, 15) is 0 Å². The summed E-state index contributed by atoms with van der Waals surface area (Å²) in [6.07, 6.45) is 10.1. The number of hydrogen-bond acceptors (Lipinski definition) is 0. The second-order valence-electron chi connectivity index (χ2n) is 17.1. The Kier molecular flexibility index (Phi) is 10.0. The first-order valence-corrected chi connectivity index (χ1v) is 26.6. The molecule has 1 heterocycles. The molecule has 6 aromatic rings. The normalized spacial score (nSPS) is 16.7. The molecule has 0 saturated carbocycles. The Hall–Kier alpha value is -4.10. The Balaban J connectivity index is 1.32. The molecule has 0 N–H and O–H groups in total. The van der Waals surface area contributed by atoms with Gasteiger partial charge in [-0.1, -0.05) is 0 Å². The second kappa shape index (κ2) is 15.0. The Bertz CT molecular complexity index is 2480. The second-order valence-corrected chi connectivity index (χ2v) is 25.3. The summed E-state index contributed by atoms with van der Waals surface area (Å²) in [4.78, 5) is 0. The molecule has 0 amide bonds. The van der Waals surface area contributed by atoms with E-state index in [2.05, 4.69) is 171 Å². The Morgan fingerprint density at radius 3 is 1.52 bits per heavy atom. The zero-order chi connectivity index (χ0) is 38.8. The number of hydrogen-bond donors (Lipinski definition) is 0. The Morgan fingerprint density at radius 1 is 0.500 bits per heavy atom. The van der Waals surface area contributed by atoms with E-state index in [1.807, 2.05) is 0 Å². The van der Waals surface area contributed by atoms with Crippen LogP contribution >= 0.6 is 0 Å². The molecule has 0 radical (unpaired) electrons. The first-order valence-electron chi connectivity index (χ1n) is 21.1. The molecule has 0 bridgehead atoms. The van der Waals surface area contributed by atoms with Gasteiger partial charge >= 0.3 is 349 Å². The molecule has 3 aliphatic rings. The number of allylic oxidation sites excluding steroid dienone is 2. The van der Waals surface area contributed by atoms with Crippen molar-refractivity contribution < 1.29 is 21.8 Å². The molecule has 0 fully saturated rings. The van der Waals surface area contributed by atoms with E-state index in [0.717, 1.165) is 12.8 Å². The average molecular weight is 823 g/mol.